The first-order chi connectivity index (χ1) is 8.04. The molecule has 0 fully saturated rings. The first-order valence-electron chi connectivity index (χ1n) is 5.12. The van der Waals surface area contributed by atoms with Crippen LogP contribution in [0.25, 0.3) is 0 Å². The van der Waals surface area contributed by atoms with Crippen LogP contribution in [-0.2, 0) is 11.3 Å². The number of halogens is 2. The molecule has 0 saturated carbocycles. The lowest BCUT2D eigenvalue weighted by atomic mass is 10.2. The number of carbonyl (C=O) groups excluding carboxylic acids is 1. The molecule has 0 radical (unpaired) electrons. The fourth-order valence-electron chi connectivity index (χ4n) is 1.28. The van der Waals surface area contributed by atoms with Crippen molar-refractivity contribution in [2.45, 2.75) is 13.0 Å². The van der Waals surface area contributed by atoms with E-state index in [4.69, 9.17) is 0 Å². The third-order valence-corrected chi connectivity index (χ3v) is 3.42. The molecule has 1 rings (SSSR count). The standard InChI is InChI=1S/C11H14Br2N2O2/c1-14-10(16)2-3-15-6-7-4-8(12)11(17)9(13)5-7/h4-5,15,17H,2-3,6H2,1H3,(H,14,16). The van der Waals surface area contributed by atoms with E-state index >= 15 is 0 Å². The molecule has 0 unspecified atom stereocenters. The first kappa shape index (κ1) is 14.5. The summed E-state index contributed by atoms with van der Waals surface area (Å²) in [4.78, 5) is 11.0. The molecule has 6 heteroatoms. The van der Waals surface area contributed by atoms with Gasteiger partial charge in [0.2, 0.25) is 5.91 Å². The predicted molar refractivity (Wildman–Crippen MR) is 73.9 cm³/mol. The van der Waals surface area contributed by atoms with E-state index in [1.165, 1.54) is 0 Å². The Morgan fingerprint density at radius 1 is 1.35 bits per heavy atom. The highest BCUT2D eigenvalue weighted by Crippen LogP contribution is 2.33. The molecule has 0 aliphatic rings. The molecule has 17 heavy (non-hydrogen) atoms. The van der Waals surface area contributed by atoms with Crippen LogP contribution in [0.5, 0.6) is 5.75 Å². The van der Waals surface area contributed by atoms with Gasteiger partial charge in [-0.15, -0.1) is 0 Å². The summed E-state index contributed by atoms with van der Waals surface area (Å²) in [5.41, 5.74) is 1.03. The second kappa shape index (κ2) is 6.98. The number of carbonyl (C=O) groups is 1. The fourth-order valence-corrected chi connectivity index (χ4v) is 2.56. The van der Waals surface area contributed by atoms with Gasteiger partial charge in [0.25, 0.3) is 0 Å². The van der Waals surface area contributed by atoms with Crippen LogP contribution in [0.15, 0.2) is 21.1 Å². The van der Waals surface area contributed by atoms with Gasteiger partial charge in [-0.2, -0.15) is 0 Å². The Bertz CT molecular complexity index is 387. The van der Waals surface area contributed by atoms with E-state index in [9.17, 15) is 9.90 Å². The Labute approximate surface area is 117 Å². The Kier molecular flexibility index (Phi) is 5.94. The molecule has 0 spiro atoms. The zero-order valence-corrected chi connectivity index (χ0v) is 12.6. The Balaban J connectivity index is 2.45. The van der Waals surface area contributed by atoms with Gasteiger partial charge in [0.1, 0.15) is 5.75 Å². The molecule has 0 atom stereocenters. The van der Waals surface area contributed by atoms with Crippen LogP contribution in [0.2, 0.25) is 0 Å². The van der Waals surface area contributed by atoms with Crippen LogP contribution >= 0.6 is 31.9 Å². The minimum atomic E-state index is 0.0190. The van der Waals surface area contributed by atoms with Crippen LogP contribution < -0.4 is 10.6 Å². The molecule has 0 aliphatic heterocycles. The normalized spacial score (nSPS) is 10.3. The summed E-state index contributed by atoms with van der Waals surface area (Å²) >= 11 is 6.54. The largest absolute Gasteiger partial charge is 0.506 e. The van der Waals surface area contributed by atoms with Crippen molar-refractivity contribution in [3.05, 3.63) is 26.6 Å². The second-order valence-corrected chi connectivity index (χ2v) is 5.22. The van der Waals surface area contributed by atoms with Crippen molar-refractivity contribution in [3.63, 3.8) is 0 Å². The number of benzene rings is 1. The molecule has 0 saturated heterocycles. The summed E-state index contributed by atoms with van der Waals surface area (Å²) in [6.45, 7) is 1.27. The molecule has 4 nitrogen and oxygen atoms in total. The van der Waals surface area contributed by atoms with Crippen LogP contribution in [0, 0.1) is 0 Å². The topological polar surface area (TPSA) is 61.4 Å². The van der Waals surface area contributed by atoms with E-state index in [1.807, 2.05) is 12.1 Å². The van der Waals surface area contributed by atoms with Gasteiger partial charge in [0, 0.05) is 26.6 Å². The predicted octanol–water partition coefficient (Wildman–Crippen LogP) is 2.14. The van der Waals surface area contributed by atoms with Crippen molar-refractivity contribution in [3.8, 4) is 5.75 Å². The number of phenolic OH excluding ortho intramolecular Hbond substituents is 1. The number of amides is 1. The zero-order chi connectivity index (χ0) is 12.8. The van der Waals surface area contributed by atoms with Gasteiger partial charge in [0.05, 0.1) is 8.95 Å². The van der Waals surface area contributed by atoms with Gasteiger partial charge in [-0.25, -0.2) is 0 Å². The highest BCUT2D eigenvalue weighted by atomic mass is 79.9. The van der Waals surface area contributed by atoms with Gasteiger partial charge in [0.15, 0.2) is 0 Å². The third kappa shape index (κ3) is 4.65. The third-order valence-electron chi connectivity index (χ3n) is 2.21. The van der Waals surface area contributed by atoms with Crippen molar-refractivity contribution in [1.29, 1.82) is 0 Å². The van der Waals surface area contributed by atoms with Gasteiger partial charge in [-0.05, 0) is 49.6 Å². The molecule has 0 aromatic heterocycles. The number of nitrogens with one attached hydrogen (secondary N) is 2. The van der Waals surface area contributed by atoms with Crippen LogP contribution in [0.3, 0.4) is 0 Å². The maximum Gasteiger partial charge on any atom is 0.221 e. The summed E-state index contributed by atoms with van der Waals surface area (Å²) in [6, 6.07) is 3.68. The molecule has 94 valence electrons. The molecule has 3 N–H and O–H groups in total. The van der Waals surface area contributed by atoms with Gasteiger partial charge >= 0.3 is 0 Å². The Hall–Kier alpha value is -0.590. The van der Waals surface area contributed by atoms with E-state index in [0.29, 0.717) is 28.5 Å². The van der Waals surface area contributed by atoms with E-state index in [1.54, 1.807) is 7.05 Å². The smallest absolute Gasteiger partial charge is 0.221 e. The van der Waals surface area contributed by atoms with E-state index in [0.717, 1.165) is 5.56 Å². The number of rotatable bonds is 5. The maximum absolute atomic E-state index is 11.0. The lowest BCUT2D eigenvalue weighted by Crippen LogP contribution is -2.24. The van der Waals surface area contributed by atoms with Crippen molar-refractivity contribution in [2.24, 2.45) is 0 Å². The molecule has 0 aliphatic carbocycles. The molecule has 0 bridgehead atoms. The minimum absolute atomic E-state index is 0.0190. The van der Waals surface area contributed by atoms with Crippen molar-refractivity contribution in [1.82, 2.24) is 10.6 Å². The Morgan fingerprint density at radius 3 is 2.47 bits per heavy atom. The van der Waals surface area contributed by atoms with Crippen LogP contribution in [-0.4, -0.2) is 24.6 Å². The molecular formula is C11H14Br2N2O2. The highest BCUT2D eigenvalue weighted by Gasteiger charge is 2.05. The zero-order valence-electron chi connectivity index (χ0n) is 9.39. The summed E-state index contributed by atoms with van der Waals surface area (Å²) in [5, 5.41) is 15.3. The second-order valence-electron chi connectivity index (χ2n) is 3.51. The molecule has 0 heterocycles. The molecular weight excluding hydrogens is 352 g/mol. The summed E-state index contributed by atoms with van der Waals surface area (Å²) in [5.74, 6) is 0.213. The van der Waals surface area contributed by atoms with Crippen molar-refractivity contribution in [2.75, 3.05) is 13.6 Å². The maximum atomic E-state index is 11.0. The fraction of sp³-hybridized carbons (Fsp3) is 0.364. The van der Waals surface area contributed by atoms with Crippen LogP contribution in [0.1, 0.15) is 12.0 Å². The van der Waals surface area contributed by atoms with E-state index in [-0.39, 0.29) is 11.7 Å². The molecule has 1 aromatic rings. The average Bonchev–Trinajstić information content (AvgIpc) is 2.31. The monoisotopic (exact) mass is 364 g/mol. The lowest BCUT2D eigenvalue weighted by molar-refractivity contribution is -0.120. The van der Waals surface area contributed by atoms with Crippen LogP contribution in [0.4, 0.5) is 0 Å². The van der Waals surface area contributed by atoms with E-state index in [2.05, 4.69) is 42.5 Å². The van der Waals surface area contributed by atoms with Gasteiger partial charge < -0.3 is 15.7 Å². The lowest BCUT2D eigenvalue weighted by Gasteiger charge is -2.07. The summed E-state index contributed by atoms with van der Waals surface area (Å²) in [6.07, 6.45) is 0.455. The number of hydrogen-bond acceptors (Lipinski definition) is 3. The highest BCUT2D eigenvalue weighted by molar-refractivity contribution is 9.11. The van der Waals surface area contributed by atoms with Crippen molar-refractivity contribution < 1.29 is 9.90 Å². The molecule has 1 aromatic carbocycles. The van der Waals surface area contributed by atoms with E-state index < -0.39 is 0 Å². The minimum Gasteiger partial charge on any atom is -0.506 e. The van der Waals surface area contributed by atoms with Gasteiger partial charge in [-0.3, -0.25) is 4.79 Å². The molecule has 1 amide bonds. The first-order valence-corrected chi connectivity index (χ1v) is 6.71. The SMILES string of the molecule is CNC(=O)CCNCc1cc(Br)c(O)c(Br)c1. The average molecular weight is 366 g/mol. The summed E-state index contributed by atoms with van der Waals surface area (Å²) < 4.78 is 1.30. The number of phenols is 1. The number of hydrogen-bond donors (Lipinski definition) is 3. The Morgan fingerprint density at radius 2 is 1.94 bits per heavy atom. The van der Waals surface area contributed by atoms with Crippen molar-refractivity contribution >= 4 is 37.8 Å². The van der Waals surface area contributed by atoms with Gasteiger partial charge in [-0.1, -0.05) is 0 Å². The summed E-state index contributed by atoms with van der Waals surface area (Å²) in [7, 11) is 1.62. The number of aromatic hydroxyl groups is 1. The quantitative estimate of drug-likeness (QED) is 0.700.